The van der Waals surface area contributed by atoms with E-state index >= 15 is 0 Å². The highest BCUT2D eigenvalue weighted by molar-refractivity contribution is 5.43. The van der Waals surface area contributed by atoms with Crippen LogP contribution in [0.25, 0.3) is 5.65 Å². The Morgan fingerprint density at radius 1 is 1.26 bits per heavy atom. The fourth-order valence-corrected chi connectivity index (χ4v) is 2.30. The predicted molar refractivity (Wildman–Crippen MR) is 77.8 cm³/mol. The molecule has 104 valence electrons. The lowest BCUT2D eigenvalue weighted by atomic mass is 9.88. The molecular weight excluding hydrogens is 238 g/mol. The molecule has 0 unspecified atom stereocenters. The molecule has 0 aromatic carbocycles. The molecule has 2 aromatic rings. The Labute approximate surface area is 113 Å². The molecule has 0 saturated carbocycles. The van der Waals surface area contributed by atoms with Gasteiger partial charge in [-0.1, -0.05) is 34.6 Å². The maximum Gasteiger partial charge on any atom is 0.271 e. The highest BCUT2D eigenvalue weighted by Gasteiger charge is 2.18. The molecule has 2 heterocycles. The molecule has 0 saturated heterocycles. The van der Waals surface area contributed by atoms with Gasteiger partial charge < -0.3 is 0 Å². The normalized spacial score (nSPS) is 12.5. The third-order valence-corrected chi connectivity index (χ3v) is 3.71. The summed E-state index contributed by atoms with van der Waals surface area (Å²) in [6.07, 6.45) is 2.05. The number of nitrogens with zero attached hydrogens (tertiary/aromatic N) is 2. The largest absolute Gasteiger partial charge is 0.276 e. The summed E-state index contributed by atoms with van der Waals surface area (Å²) in [5.41, 5.74) is 1.67. The minimum atomic E-state index is -0.0397. The van der Waals surface area contributed by atoms with Crippen molar-refractivity contribution in [3.63, 3.8) is 0 Å². The van der Waals surface area contributed by atoms with Gasteiger partial charge in [0.15, 0.2) is 5.65 Å². The SMILES string of the molecule is CCC(CC)c1nc2cc(C(C)(C)C)cc(=O)n2[nH]1. The summed E-state index contributed by atoms with van der Waals surface area (Å²) in [5, 5.41) is 3.14. The van der Waals surface area contributed by atoms with Crippen LogP contribution in [0.2, 0.25) is 0 Å². The van der Waals surface area contributed by atoms with E-state index < -0.39 is 0 Å². The Balaban J connectivity index is 2.60. The molecule has 0 aliphatic rings. The van der Waals surface area contributed by atoms with Gasteiger partial charge in [0.05, 0.1) is 0 Å². The fraction of sp³-hybridized carbons (Fsp3) is 0.600. The van der Waals surface area contributed by atoms with Gasteiger partial charge in [0, 0.05) is 12.0 Å². The molecule has 0 radical (unpaired) electrons. The Kier molecular flexibility index (Phi) is 3.52. The molecule has 2 rings (SSSR count). The van der Waals surface area contributed by atoms with Crippen molar-refractivity contribution in [1.29, 1.82) is 0 Å². The quantitative estimate of drug-likeness (QED) is 0.922. The van der Waals surface area contributed by atoms with Crippen LogP contribution in [-0.2, 0) is 5.41 Å². The lowest BCUT2D eigenvalue weighted by Crippen LogP contribution is -2.19. The molecule has 0 aliphatic heterocycles. The number of hydrogen-bond acceptors (Lipinski definition) is 2. The van der Waals surface area contributed by atoms with Gasteiger partial charge in [-0.2, -0.15) is 0 Å². The molecule has 0 spiro atoms. The maximum atomic E-state index is 12.2. The summed E-state index contributed by atoms with van der Waals surface area (Å²) in [4.78, 5) is 16.7. The van der Waals surface area contributed by atoms with Gasteiger partial charge in [0.1, 0.15) is 5.82 Å². The Bertz CT molecular complexity index is 627. The van der Waals surface area contributed by atoms with Gasteiger partial charge in [-0.3, -0.25) is 9.89 Å². The molecular formula is C15H23N3O. The maximum absolute atomic E-state index is 12.2. The third kappa shape index (κ3) is 2.57. The average molecular weight is 261 g/mol. The van der Waals surface area contributed by atoms with E-state index in [0.717, 1.165) is 29.9 Å². The topological polar surface area (TPSA) is 50.2 Å². The van der Waals surface area contributed by atoms with Crippen molar-refractivity contribution in [3.8, 4) is 0 Å². The zero-order chi connectivity index (χ0) is 14.2. The highest BCUT2D eigenvalue weighted by atomic mass is 16.1. The van der Waals surface area contributed by atoms with Crippen molar-refractivity contribution in [2.45, 2.75) is 58.8 Å². The van der Waals surface area contributed by atoms with Crippen LogP contribution in [0.3, 0.4) is 0 Å². The third-order valence-electron chi connectivity index (χ3n) is 3.71. The summed E-state index contributed by atoms with van der Waals surface area (Å²) in [6.45, 7) is 10.6. The summed E-state index contributed by atoms with van der Waals surface area (Å²) in [6, 6.07) is 3.70. The molecule has 19 heavy (non-hydrogen) atoms. The van der Waals surface area contributed by atoms with Crippen LogP contribution in [0, 0.1) is 0 Å². The van der Waals surface area contributed by atoms with Crippen LogP contribution in [-0.4, -0.2) is 14.6 Å². The van der Waals surface area contributed by atoms with E-state index in [-0.39, 0.29) is 11.0 Å². The highest BCUT2D eigenvalue weighted by Crippen LogP contribution is 2.23. The van der Waals surface area contributed by atoms with Crippen LogP contribution in [0.15, 0.2) is 16.9 Å². The first kappa shape index (κ1) is 13.8. The Morgan fingerprint density at radius 3 is 2.42 bits per heavy atom. The number of fused-ring (bicyclic) bond motifs is 1. The summed E-state index contributed by atoms with van der Waals surface area (Å²) in [7, 11) is 0. The zero-order valence-electron chi connectivity index (χ0n) is 12.4. The van der Waals surface area contributed by atoms with E-state index in [4.69, 9.17) is 0 Å². The van der Waals surface area contributed by atoms with Crippen molar-refractivity contribution < 1.29 is 0 Å². The van der Waals surface area contributed by atoms with Gasteiger partial charge in [-0.05, 0) is 29.9 Å². The number of nitrogens with one attached hydrogen (secondary N) is 1. The second-order valence-electron chi connectivity index (χ2n) is 6.15. The van der Waals surface area contributed by atoms with E-state index in [1.54, 1.807) is 10.6 Å². The minimum absolute atomic E-state index is 0.0351. The molecule has 0 amide bonds. The van der Waals surface area contributed by atoms with Gasteiger partial charge in [0.2, 0.25) is 0 Å². The molecule has 0 bridgehead atoms. The number of aromatic nitrogens is 3. The van der Waals surface area contributed by atoms with Gasteiger partial charge in [-0.15, -0.1) is 0 Å². The first-order chi connectivity index (χ1) is 8.86. The summed E-state index contributed by atoms with van der Waals surface area (Å²) >= 11 is 0. The zero-order valence-corrected chi connectivity index (χ0v) is 12.4. The van der Waals surface area contributed by atoms with E-state index in [1.165, 1.54) is 0 Å². The molecule has 0 aliphatic carbocycles. The molecule has 4 heteroatoms. The van der Waals surface area contributed by atoms with Crippen molar-refractivity contribution in [2.24, 2.45) is 0 Å². The molecule has 0 atom stereocenters. The minimum Gasteiger partial charge on any atom is -0.276 e. The van der Waals surface area contributed by atoms with Crippen molar-refractivity contribution in [2.75, 3.05) is 0 Å². The lowest BCUT2D eigenvalue weighted by molar-refractivity contribution is 0.587. The average Bonchev–Trinajstić information content (AvgIpc) is 2.74. The van der Waals surface area contributed by atoms with Crippen molar-refractivity contribution >= 4 is 5.65 Å². The number of H-pyrrole nitrogens is 1. The summed E-state index contributed by atoms with van der Waals surface area (Å²) in [5.74, 6) is 1.30. The lowest BCUT2D eigenvalue weighted by Gasteiger charge is -2.18. The number of aromatic amines is 1. The second kappa shape index (κ2) is 4.83. The van der Waals surface area contributed by atoms with Crippen molar-refractivity contribution in [3.05, 3.63) is 33.9 Å². The fourth-order valence-electron chi connectivity index (χ4n) is 2.30. The standard InChI is InChI=1S/C15H23N3O/c1-6-10(7-2)14-16-12-8-11(15(3,4)5)9-13(19)18(12)17-14/h8-10H,6-7H2,1-5H3,(H,16,17). The smallest absolute Gasteiger partial charge is 0.271 e. The van der Waals surface area contributed by atoms with Crippen LogP contribution in [0.1, 0.15) is 64.8 Å². The Morgan fingerprint density at radius 2 is 1.89 bits per heavy atom. The molecule has 0 fully saturated rings. The van der Waals surface area contributed by atoms with Crippen LogP contribution in [0.5, 0.6) is 0 Å². The van der Waals surface area contributed by atoms with E-state index in [1.807, 2.05) is 6.07 Å². The Hall–Kier alpha value is -1.58. The van der Waals surface area contributed by atoms with Gasteiger partial charge in [-0.25, -0.2) is 9.50 Å². The van der Waals surface area contributed by atoms with Crippen molar-refractivity contribution in [1.82, 2.24) is 14.6 Å². The number of hydrogen-bond donors (Lipinski definition) is 1. The van der Waals surface area contributed by atoms with Crippen LogP contribution >= 0.6 is 0 Å². The molecule has 1 N–H and O–H groups in total. The van der Waals surface area contributed by atoms with Crippen LogP contribution in [0.4, 0.5) is 0 Å². The second-order valence-corrected chi connectivity index (χ2v) is 6.15. The molecule has 2 aromatic heterocycles. The first-order valence-corrected chi connectivity index (χ1v) is 7.00. The monoisotopic (exact) mass is 261 g/mol. The number of pyridine rings is 1. The van der Waals surface area contributed by atoms with Crippen LogP contribution < -0.4 is 5.56 Å². The first-order valence-electron chi connectivity index (χ1n) is 7.00. The van der Waals surface area contributed by atoms with Gasteiger partial charge in [0.25, 0.3) is 5.56 Å². The summed E-state index contributed by atoms with van der Waals surface area (Å²) < 4.78 is 1.54. The number of rotatable bonds is 3. The van der Waals surface area contributed by atoms with E-state index in [2.05, 4.69) is 44.7 Å². The van der Waals surface area contributed by atoms with E-state index in [9.17, 15) is 4.79 Å². The van der Waals surface area contributed by atoms with Gasteiger partial charge >= 0.3 is 0 Å². The molecule has 4 nitrogen and oxygen atoms in total. The predicted octanol–water partition coefficient (Wildman–Crippen LogP) is 3.22. The van der Waals surface area contributed by atoms with E-state index in [0.29, 0.717) is 5.92 Å².